The Kier molecular flexibility index (Phi) is 12.7. The first kappa shape index (κ1) is 24.0. The van der Waals surface area contributed by atoms with Crippen LogP contribution in [-0.4, -0.2) is 65.7 Å². The van der Waals surface area contributed by atoms with Gasteiger partial charge in [0.25, 0.3) is 0 Å². The molecule has 148 valence electrons. The molecule has 0 saturated heterocycles. The number of carbonyl (C=O) groups is 2. The second kappa shape index (κ2) is 13.2. The van der Waals surface area contributed by atoms with Crippen molar-refractivity contribution in [2.24, 2.45) is 0 Å². The summed E-state index contributed by atoms with van der Waals surface area (Å²) in [6.07, 6.45) is 0.320. The SMILES string of the molecule is CCCCCC(=O)OC[C@H](COP(=O)(O)OC[C@@H](O)CO)OC(C)=O. The van der Waals surface area contributed by atoms with Gasteiger partial charge in [0.1, 0.15) is 12.7 Å². The summed E-state index contributed by atoms with van der Waals surface area (Å²) < 4.78 is 30.5. The molecule has 0 aromatic rings. The van der Waals surface area contributed by atoms with Gasteiger partial charge in [-0.3, -0.25) is 18.6 Å². The van der Waals surface area contributed by atoms with Gasteiger partial charge in [-0.1, -0.05) is 19.8 Å². The van der Waals surface area contributed by atoms with Crippen molar-refractivity contribution in [1.29, 1.82) is 0 Å². The molecule has 0 bridgehead atoms. The van der Waals surface area contributed by atoms with E-state index in [-0.39, 0.29) is 13.0 Å². The number of hydrogen-bond donors (Lipinski definition) is 3. The molecule has 3 atom stereocenters. The van der Waals surface area contributed by atoms with Gasteiger partial charge >= 0.3 is 19.8 Å². The molecule has 0 rings (SSSR count). The molecule has 3 N–H and O–H groups in total. The van der Waals surface area contributed by atoms with E-state index >= 15 is 0 Å². The fourth-order valence-electron chi connectivity index (χ4n) is 1.58. The number of carbonyl (C=O) groups excluding carboxylic acids is 2. The number of rotatable bonds is 14. The molecule has 0 aromatic heterocycles. The average molecular weight is 386 g/mol. The average Bonchev–Trinajstić information content (AvgIpc) is 2.55. The number of ether oxygens (including phenoxy) is 2. The highest BCUT2D eigenvalue weighted by Crippen LogP contribution is 2.43. The van der Waals surface area contributed by atoms with Gasteiger partial charge in [0, 0.05) is 13.3 Å². The minimum atomic E-state index is -4.53. The van der Waals surface area contributed by atoms with Crippen molar-refractivity contribution in [3.8, 4) is 0 Å². The van der Waals surface area contributed by atoms with Crippen molar-refractivity contribution in [2.75, 3.05) is 26.4 Å². The molecule has 0 spiro atoms. The standard InChI is InChI=1S/C14H27O10P/c1-3-4-5-6-14(18)21-9-13(24-11(2)16)10-23-25(19,20)22-8-12(17)7-15/h12-13,15,17H,3-10H2,1-2H3,(H,19,20)/t12-,13+/m0/s1. The van der Waals surface area contributed by atoms with Crippen LogP contribution >= 0.6 is 7.82 Å². The van der Waals surface area contributed by atoms with Crippen LogP contribution in [-0.2, 0) is 32.7 Å². The molecule has 0 aliphatic rings. The Morgan fingerprint density at radius 1 is 1.12 bits per heavy atom. The summed E-state index contributed by atoms with van der Waals surface area (Å²) >= 11 is 0. The highest BCUT2D eigenvalue weighted by molar-refractivity contribution is 7.47. The lowest BCUT2D eigenvalue weighted by molar-refractivity contribution is -0.159. The number of hydrogen-bond acceptors (Lipinski definition) is 9. The van der Waals surface area contributed by atoms with E-state index in [9.17, 15) is 19.0 Å². The molecule has 0 aromatic carbocycles. The summed E-state index contributed by atoms with van der Waals surface area (Å²) in [5.41, 5.74) is 0. The molecule has 25 heavy (non-hydrogen) atoms. The van der Waals surface area contributed by atoms with Crippen molar-refractivity contribution in [2.45, 2.75) is 51.7 Å². The minimum Gasteiger partial charge on any atom is -0.462 e. The Morgan fingerprint density at radius 3 is 2.32 bits per heavy atom. The fraction of sp³-hybridized carbons (Fsp3) is 0.857. The van der Waals surface area contributed by atoms with Crippen LogP contribution in [0, 0.1) is 0 Å². The van der Waals surface area contributed by atoms with Crippen LogP contribution in [0.2, 0.25) is 0 Å². The zero-order valence-electron chi connectivity index (χ0n) is 14.5. The lowest BCUT2D eigenvalue weighted by Gasteiger charge is -2.19. The Labute approximate surface area is 146 Å². The minimum absolute atomic E-state index is 0.224. The van der Waals surface area contributed by atoms with Crippen LogP contribution in [0.4, 0.5) is 0 Å². The largest absolute Gasteiger partial charge is 0.472 e. The number of aliphatic hydroxyl groups is 2. The molecular weight excluding hydrogens is 359 g/mol. The van der Waals surface area contributed by atoms with E-state index in [1.54, 1.807) is 0 Å². The van der Waals surface area contributed by atoms with E-state index in [1.165, 1.54) is 0 Å². The van der Waals surface area contributed by atoms with Gasteiger partial charge in [-0.15, -0.1) is 0 Å². The Balaban J connectivity index is 4.35. The predicted octanol–water partition coefficient (Wildman–Crippen LogP) is 0.528. The Bertz CT molecular complexity index is 441. The highest BCUT2D eigenvalue weighted by atomic mass is 31.2. The molecule has 0 saturated carbocycles. The second-order valence-electron chi connectivity index (χ2n) is 5.27. The third-order valence-electron chi connectivity index (χ3n) is 2.81. The molecule has 11 heteroatoms. The number of esters is 2. The summed E-state index contributed by atoms with van der Waals surface area (Å²) in [5.74, 6) is -1.15. The topological polar surface area (TPSA) is 149 Å². The van der Waals surface area contributed by atoms with Gasteiger partial charge in [-0.05, 0) is 6.42 Å². The maximum atomic E-state index is 11.6. The molecule has 0 fully saturated rings. The monoisotopic (exact) mass is 386 g/mol. The highest BCUT2D eigenvalue weighted by Gasteiger charge is 2.26. The molecule has 0 radical (unpaired) electrons. The summed E-state index contributed by atoms with van der Waals surface area (Å²) in [5, 5.41) is 17.7. The Hall–Kier alpha value is -1.03. The first-order valence-electron chi connectivity index (χ1n) is 7.93. The van der Waals surface area contributed by atoms with E-state index < -0.39 is 51.8 Å². The van der Waals surface area contributed by atoms with Crippen molar-refractivity contribution in [3.63, 3.8) is 0 Å². The zero-order valence-corrected chi connectivity index (χ0v) is 15.4. The smallest absolute Gasteiger partial charge is 0.462 e. The van der Waals surface area contributed by atoms with Crippen LogP contribution in [0.3, 0.4) is 0 Å². The Morgan fingerprint density at radius 2 is 1.76 bits per heavy atom. The number of unbranched alkanes of at least 4 members (excludes halogenated alkanes) is 2. The maximum Gasteiger partial charge on any atom is 0.472 e. The van der Waals surface area contributed by atoms with E-state index in [0.717, 1.165) is 19.8 Å². The fourth-order valence-corrected chi connectivity index (χ4v) is 2.37. The van der Waals surface area contributed by atoms with Crippen LogP contribution in [0.1, 0.15) is 39.5 Å². The van der Waals surface area contributed by atoms with Gasteiger partial charge in [-0.2, -0.15) is 0 Å². The number of phosphoric ester groups is 1. The molecule has 0 amide bonds. The number of phosphoric acid groups is 1. The second-order valence-corrected chi connectivity index (χ2v) is 6.72. The van der Waals surface area contributed by atoms with Gasteiger partial charge in [0.2, 0.25) is 0 Å². The van der Waals surface area contributed by atoms with Crippen molar-refractivity contribution in [3.05, 3.63) is 0 Å². The quantitative estimate of drug-likeness (QED) is 0.219. The lowest BCUT2D eigenvalue weighted by Crippen LogP contribution is -2.29. The zero-order chi connectivity index (χ0) is 19.3. The predicted molar refractivity (Wildman–Crippen MR) is 85.5 cm³/mol. The van der Waals surface area contributed by atoms with Crippen molar-refractivity contribution in [1.82, 2.24) is 0 Å². The van der Waals surface area contributed by atoms with E-state index in [2.05, 4.69) is 9.05 Å². The molecule has 0 aliphatic carbocycles. The van der Waals surface area contributed by atoms with Gasteiger partial charge < -0.3 is 24.6 Å². The van der Waals surface area contributed by atoms with Gasteiger partial charge in [-0.25, -0.2) is 4.57 Å². The number of aliphatic hydroxyl groups excluding tert-OH is 2. The summed E-state index contributed by atoms with van der Waals surface area (Å²) in [7, 11) is -4.53. The van der Waals surface area contributed by atoms with Crippen LogP contribution in [0.15, 0.2) is 0 Å². The molecule has 10 nitrogen and oxygen atoms in total. The van der Waals surface area contributed by atoms with Crippen molar-refractivity contribution < 1.29 is 47.8 Å². The normalized spacial score (nSPS) is 15.9. The molecule has 0 heterocycles. The van der Waals surface area contributed by atoms with Crippen LogP contribution in [0.5, 0.6) is 0 Å². The van der Waals surface area contributed by atoms with Crippen LogP contribution in [0.25, 0.3) is 0 Å². The van der Waals surface area contributed by atoms with Crippen molar-refractivity contribution >= 4 is 19.8 Å². The van der Waals surface area contributed by atoms with E-state index in [4.69, 9.17) is 19.7 Å². The third kappa shape index (κ3) is 13.9. The summed E-state index contributed by atoms with van der Waals surface area (Å²) in [6.45, 7) is 0.977. The van der Waals surface area contributed by atoms with Gasteiger partial charge in [0.05, 0.1) is 19.8 Å². The maximum absolute atomic E-state index is 11.6. The molecular formula is C14H27O10P. The lowest BCUT2D eigenvalue weighted by atomic mass is 10.2. The molecule has 1 unspecified atom stereocenters. The summed E-state index contributed by atoms with van der Waals surface area (Å²) in [4.78, 5) is 32.0. The van der Waals surface area contributed by atoms with Crippen LogP contribution < -0.4 is 0 Å². The van der Waals surface area contributed by atoms with Gasteiger partial charge in [0.15, 0.2) is 6.10 Å². The van der Waals surface area contributed by atoms with E-state index in [1.807, 2.05) is 6.92 Å². The first-order chi connectivity index (χ1) is 11.7. The molecule has 0 aliphatic heterocycles. The van der Waals surface area contributed by atoms with E-state index in [0.29, 0.717) is 6.42 Å². The summed E-state index contributed by atoms with van der Waals surface area (Å²) in [6, 6.07) is 0. The first-order valence-corrected chi connectivity index (χ1v) is 9.43. The third-order valence-corrected chi connectivity index (χ3v) is 3.76.